The van der Waals surface area contributed by atoms with Gasteiger partial charge in [-0.2, -0.15) is 10.2 Å². The first kappa shape index (κ1) is 15.5. The lowest BCUT2D eigenvalue weighted by molar-refractivity contribution is 0.232. The number of aliphatic imine (C=N–C) groups is 1. The molecule has 0 fully saturated rings. The highest BCUT2D eigenvalue weighted by Gasteiger charge is 2.29. The van der Waals surface area contributed by atoms with E-state index in [-0.39, 0.29) is 18.5 Å². The Labute approximate surface area is 145 Å². The van der Waals surface area contributed by atoms with Crippen molar-refractivity contribution in [3.8, 4) is 0 Å². The van der Waals surface area contributed by atoms with Crippen molar-refractivity contribution in [3.63, 3.8) is 0 Å². The summed E-state index contributed by atoms with van der Waals surface area (Å²) in [5.41, 5.74) is 1.08. The summed E-state index contributed by atoms with van der Waals surface area (Å²) < 4.78 is 3.72. The molecule has 2 aromatic rings. The summed E-state index contributed by atoms with van der Waals surface area (Å²) in [4.78, 5) is 4.44. The monoisotopic (exact) mass is 339 g/mol. The minimum absolute atomic E-state index is 0.101. The van der Waals surface area contributed by atoms with E-state index in [0.29, 0.717) is 0 Å². The zero-order valence-corrected chi connectivity index (χ0v) is 14.1. The minimum atomic E-state index is -0.210. The van der Waals surface area contributed by atoms with Gasteiger partial charge >= 0.3 is 0 Å². The van der Waals surface area contributed by atoms with Gasteiger partial charge in [0.15, 0.2) is 6.29 Å². The van der Waals surface area contributed by atoms with Gasteiger partial charge in [0.25, 0.3) is 0 Å². The molecular weight excluding hydrogens is 318 g/mol. The summed E-state index contributed by atoms with van der Waals surface area (Å²) in [5.74, 6) is 1.74. The van der Waals surface area contributed by atoms with Gasteiger partial charge in [-0.15, -0.1) is 0 Å². The van der Waals surface area contributed by atoms with Crippen molar-refractivity contribution in [2.75, 3.05) is 0 Å². The Balaban J connectivity index is 1.67. The van der Waals surface area contributed by atoms with Gasteiger partial charge in [-0.1, -0.05) is 0 Å². The van der Waals surface area contributed by atoms with Crippen LogP contribution in [0.25, 0.3) is 0 Å². The van der Waals surface area contributed by atoms with Crippen molar-refractivity contribution in [1.82, 2.24) is 40.8 Å². The Morgan fingerprint density at radius 3 is 2.56 bits per heavy atom. The van der Waals surface area contributed by atoms with Crippen LogP contribution in [0.4, 0.5) is 0 Å². The fourth-order valence-electron chi connectivity index (χ4n) is 2.89. The highest BCUT2D eigenvalue weighted by molar-refractivity contribution is 5.89. The standard InChI is InChI=1S/C16H21N9/c1-11-13(21-14-12(2)17-7-8-18-14)22-16(25-10-4-6-20-25)23-15(11)24-9-3-5-19-24/h3-10,12,15-17,22-23H,1-2H3,(H,18,21). The van der Waals surface area contributed by atoms with Crippen molar-refractivity contribution in [2.24, 2.45) is 4.99 Å². The molecule has 3 unspecified atom stereocenters. The van der Waals surface area contributed by atoms with E-state index in [1.807, 2.05) is 40.1 Å². The fourth-order valence-corrected chi connectivity index (χ4v) is 2.89. The highest BCUT2D eigenvalue weighted by atomic mass is 15.5. The van der Waals surface area contributed by atoms with Crippen LogP contribution >= 0.6 is 0 Å². The molecule has 2 aliphatic heterocycles. The van der Waals surface area contributed by atoms with Crippen LogP contribution in [-0.2, 0) is 0 Å². The molecular formula is C16H21N9. The van der Waals surface area contributed by atoms with E-state index in [1.165, 1.54) is 0 Å². The van der Waals surface area contributed by atoms with Crippen molar-refractivity contribution < 1.29 is 0 Å². The zero-order chi connectivity index (χ0) is 17.2. The minimum Gasteiger partial charge on any atom is -0.380 e. The van der Waals surface area contributed by atoms with Gasteiger partial charge in [-0.25, -0.2) is 9.67 Å². The summed E-state index contributed by atoms with van der Waals surface area (Å²) in [6.07, 6.45) is 10.7. The topological polar surface area (TPSA) is 96.1 Å². The molecule has 0 spiro atoms. The van der Waals surface area contributed by atoms with Crippen LogP contribution in [0.3, 0.4) is 0 Å². The Hall–Kier alpha value is -3.07. The van der Waals surface area contributed by atoms with Gasteiger partial charge < -0.3 is 16.0 Å². The molecule has 4 N–H and O–H groups in total. The lowest BCUT2D eigenvalue weighted by atomic mass is 10.1. The molecule has 0 amide bonds. The van der Waals surface area contributed by atoms with Crippen LogP contribution in [0.5, 0.6) is 0 Å². The Kier molecular flexibility index (Phi) is 3.98. The third kappa shape index (κ3) is 3.01. The number of nitrogens with one attached hydrogen (secondary N) is 4. The predicted octanol–water partition coefficient (Wildman–Crippen LogP) is 0.610. The molecule has 130 valence electrons. The molecule has 2 aromatic heterocycles. The molecule has 4 heterocycles. The second kappa shape index (κ2) is 6.44. The molecule has 9 nitrogen and oxygen atoms in total. The van der Waals surface area contributed by atoms with Crippen LogP contribution in [-0.4, -0.2) is 31.4 Å². The molecule has 4 rings (SSSR count). The molecule has 0 saturated carbocycles. The predicted molar refractivity (Wildman–Crippen MR) is 93.8 cm³/mol. The van der Waals surface area contributed by atoms with E-state index in [1.54, 1.807) is 18.6 Å². The maximum atomic E-state index is 4.44. The molecule has 9 heteroatoms. The van der Waals surface area contributed by atoms with Gasteiger partial charge in [-0.05, 0) is 26.0 Å². The summed E-state index contributed by atoms with van der Waals surface area (Å²) in [6, 6.07) is 3.91. The Morgan fingerprint density at radius 2 is 1.88 bits per heavy atom. The number of amidine groups is 1. The number of nitrogens with zero attached hydrogens (tertiary/aromatic N) is 5. The van der Waals surface area contributed by atoms with Crippen molar-refractivity contribution in [3.05, 3.63) is 60.7 Å². The summed E-state index contributed by atoms with van der Waals surface area (Å²) >= 11 is 0. The summed E-state index contributed by atoms with van der Waals surface area (Å²) in [7, 11) is 0. The smallest absolute Gasteiger partial charge is 0.178 e. The third-order valence-electron chi connectivity index (χ3n) is 4.28. The second-order valence-corrected chi connectivity index (χ2v) is 5.99. The first-order chi connectivity index (χ1) is 12.2. The van der Waals surface area contributed by atoms with Gasteiger partial charge in [0, 0.05) is 42.8 Å². The quantitative estimate of drug-likeness (QED) is 0.654. The maximum Gasteiger partial charge on any atom is 0.178 e. The molecule has 0 aliphatic carbocycles. The first-order valence-electron chi connectivity index (χ1n) is 8.20. The average molecular weight is 339 g/mol. The van der Waals surface area contributed by atoms with Crippen molar-refractivity contribution >= 4 is 5.84 Å². The van der Waals surface area contributed by atoms with E-state index in [9.17, 15) is 0 Å². The Morgan fingerprint density at radius 1 is 1.12 bits per heavy atom. The van der Waals surface area contributed by atoms with E-state index in [2.05, 4.69) is 50.3 Å². The van der Waals surface area contributed by atoms with E-state index < -0.39 is 0 Å². The van der Waals surface area contributed by atoms with Crippen LogP contribution < -0.4 is 21.3 Å². The van der Waals surface area contributed by atoms with Crippen LogP contribution in [0.2, 0.25) is 0 Å². The van der Waals surface area contributed by atoms with E-state index >= 15 is 0 Å². The number of hydrogen-bond donors (Lipinski definition) is 4. The van der Waals surface area contributed by atoms with E-state index in [4.69, 9.17) is 0 Å². The molecule has 2 aliphatic rings. The SMILES string of the molecule is CC1=C(NC2=NC=CNC2C)NC(n2cccn2)NC1n1cccn1. The lowest BCUT2D eigenvalue weighted by Gasteiger charge is -2.36. The number of rotatable bonds is 3. The highest BCUT2D eigenvalue weighted by Crippen LogP contribution is 2.23. The second-order valence-electron chi connectivity index (χ2n) is 5.99. The molecule has 0 radical (unpaired) electrons. The largest absolute Gasteiger partial charge is 0.380 e. The molecule has 0 saturated heterocycles. The summed E-state index contributed by atoms with van der Waals surface area (Å²) in [5, 5.41) is 22.3. The Bertz CT molecular complexity index is 801. The van der Waals surface area contributed by atoms with Gasteiger partial charge in [0.2, 0.25) is 0 Å². The van der Waals surface area contributed by atoms with E-state index in [0.717, 1.165) is 17.2 Å². The van der Waals surface area contributed by atoms with Crippen LogP contribution in [0.1, 0.15) is 26.3 Å². The first-order valence-corrected chi connectivity index (χ1v) is 8.20. The third-order valence-corrected chi connectivity index (χ3v) is 4.28. The van der Waals surface area contributed by atoms with Gasteiger partial charge in [0.05, 0.1) is 6.04 Å². The van der Waals surface area contributed by atoms with Crippen molar-refractivity contribution in [2.45, 2.75) is 32.3 Å². The average Bonchev–Trinajstić information content (AvgIpc) is 3.32. The zero-order valence-electron chi connectivity index (χ0n) is 14.1. The van der Waals surface area contributed by atoms with Gasteiger partial charge in [-0.3, -0.25) is 10.00 Å². The number of aromatic nitrogens is 4. The fraction of sp³-hybridized carbons (Fsp3) is 0.312. The molecule has 25 heavy (non-hydrogen) atoms. The molecule has 0 aromatic carbocycles. The van der Waals surface area contributed by atoms with Crippen LogP contribution in [0.15, 0.2) is 65.7 Å². The van der Waals surface area contributed by atoms with Crippen molar-refractivity contribution in [1.29, 1.82) is 0 Å². The van der Waals surface area contributed by atoms with Crippen LogP contribution in [0, 0.1) is 0 Å². The van der Waals surface area contributed by atoms with Gasteiger partial charge in [0.1, 0.15) is 17.8 Å². The molecule has 0 bridgehead atoms. The molecule has 3 atom stereocenters. The lowest BCUT2D eigenvalue weighted by Crippen LogP contribution is -2.53. The normalized spacial score (nSPS) is 26.0. The maximum absolute atomic E-state index is 4.44. The summed E-state index contributed by atoms with van der Waals surface area (Å²) in [6.45, 7) is 4.12. The number of hydrogen-bond acceptors (Lipinski definition) is 7.